The summed E-state index contributed by atoms with van der Waals surface area (Å²) in [5, 5.41) is 34.4. The molecule has 0 heterocycles. The zero-order valence-electron chi connectivity index (χ0n) is 8.58. The summed E-state index contributed by atoms with van der Waals surface area (Å²) in [7, 11) is 0. The zero-order chi connectivity index (χ0) is 11.9. The van der Waals surface area contributed by atoms with E-state index in [0.29, 0.717) is 0 Å². The van der Waals surface area contributed by atoms with Gasteiger partial charge in [-0.25, -0.2) is 0 Å². The predicted molar refractivity (Wildman–Crippen MR) is 50.7 cm³/mol. The first-order chi connectivity index (χ1) is 6.24. The molecule has 6 nitrogen and oxygen atoms in total. The highest BCUT2D eigenvalue weighted by Gasteiger charge is 2.40. The molecule has 0 saturated carbocycles. The lowest BCUT2D eigenvalue weighted by Crippen LogP contribution is -2.64. The van der Waals surface area contributed by atoms with Crippen molar-refractivity contribution in [2.24, 2.45) is 5.73 Å². The summed E-state index contributed by atoms with van der Waals surface area (Å²) in [6.45, 7) is 4.08. The fraction of sp³-hybridized carbons (Fsp3) is 0.875. The highest BCUT2D eigenvalue weighted by molar-refractivity contribution is 5.32. The monoisotopic (exact) mass is 209 g/mol. The van der Waals surface area contributed by atoms with Crippen molar-refractivity contribution in [1.29, 1.82) is 0 Å². The van der Waals surface area contributed by atoms with Gasteiger partial charge < -0.3 is 26.2 Å². The SMILES string of the molecule is CC(O)C(N)(C(C)O)C(C)O.O=CO. The number of aliphatic hydroxyl groups excluding tert-OH is 3. The van der Waals surface area contributed by atoms with Crippen LogP contribution in [0.2, 0.25) is 0 Å². The van der Waals surface area contributed by atoms with Crippen LogP contribution in [0.3, 0.4) is 0 Å². The Hall–Kier alpha value is -0.690. The van der Waals surface area contributed by atoms with Crippen molar-refractivity contribution in [2.45, 2.75) is 44.6 Å². The Morgan fingerprint density at radius 3 is 1.21 bits per heavy atom. The van der Waals surface area contributed by atoms with E-state index in [9.17, 15) is 0 Å². The number of hydrogen-bond acceptors (Lipinski definition) is 5. The summed E-state index contributed by atoms with van der Waals surface area (Å²) < 4.78 is 0. The molecule has 0 amide bonds. The maximum atomic E-state index is 9.17. The van der Waals surface area contributed by atoms with Gasteiger partial charge in [-0.05, 0) is 20.8 Å². The van der Waals surface area contributed by atoms with Crippen LogP contribution >= 0.6 is 0 Å². The molecule has 3 unspecified atom stereocenters. The molecule has 3 atom stereocenters. The molecule has 0 saturated heterocycles. The minimum Gasteiger partial charge on any atom is -0.483 e. The Morgan fingerprint density at radius 2 is 1.21 bits per heavy atom. The largest absolute Gasteiger partial charge is 0.483 e. The average molecular weight is 209 g/mol. The van der Waals surface area contributed by atoms with Gasteiger partial charge in [0, 0.05) is 0 Å². The third kappa shape index (κ3) is 4.01. The minimum absolute atomic E-state index is 0.250. The van der Waals surface area contributed by atoms with Gasteiger partial charge in [0.05, 0.1) is 23.9 Å². The zero-order valence-corrected chi connectivity index (χ0v) is 8.58. The van der Waals surface area contributed by atoms with Gasteiger partial charge in [0.15, 0.2) is 0 Å². The molecule has 0 aliphatic heterocycles. The van der Waals surface area contributed by atoms with Gasteiger partial charge in [0.1, 0.15) is 0 Å². The highest BCUT2D eigenvalue weighted by Crippen LogP contribution is 2.17. The molecule has 86 valence electrons. The van der Waals surface area contributed by atoms with E-state index in [-0.39, 0.29) is 6.47 Å². The molecule has 0 spiro atoms. The lowest BCUT2D eigenvalue weighted by Gasteiger charge is -2.37. The molecule has 6 N–H and O–H groups in total. The summed E-state index contributed by atoms with van der Waals surface area (Å²) in [5.74, 6) is 0. The van der Waals surface area contributed by atoms with E-state index < -0.39 is 23.9 Å². The van der Waals surface area contributed by atoms with Gasteiger partial charge in [-0.15, -0.1) is 0 Å². The molecule has 0 aromatic carbocycles. The molecule has 0 aromatic rings. The Labute approximate surface area is 83.0 Å². The van der Waals surface area contributed by atoms with E-state index >= 15 is 0 Å². The molecule has 14 heavy (non-hydrogen) atoms. The van der Waals surface area contributed by atoms with E-state index in [1.807, 2.05) is 0 Å². The summed E-state index contributed by atoms with van der Waals surface area (Å²) in [4.78, 5) is 8.36. The van der Waals surface area contributed by atoms with Crippen LogP contribution in [0.1, 0.15) is 20.8 Å². The molecule has 6 heteroatoms. The van der Waals surface area contributed by atoms with E-state index in [2.05, 4.69) is 0 Å². The molecule has 0 fully saturated rings. The first kappa shape index (κ1) is 15.8. The van der Waals surface area contributed by atoms with Crippen molar-refractivity contribution in [3.8, 4) is 0 Å². The van der Waals surface area contributed by atoms with Crippen molar-refractivity contribution < 1.29 is 25.2 Å². The summed E-state index contributed by atoms with van der Waals surface area (Å²) in [6.07, 6.45) is -2.83. The summed E-state index contributed by atoms with van der Waals surface area (Å²) in [6, 6.07) is 0. The second-order valence-electron chi connectivity index (χ2n) is 3.13. The van der Waals surface area contributed by atoms with E-state index in [1.54, 1.807) is 0 Å². The van der Waals surface area contributed by atoms with Crippen LogP contribution in [0.4, 0.5) is 0 Å². The van der Waals surface area contributed by atoms with E-state index in [1.165, 1.54) is 20.8 Å². The Morgan fingerprint density at radius 1 is 1.07 bits per heavy atom. The minimum atomic E-state index is -1.33. The first-order valence-corrected chi connectivity index (χ1v) is 4.16. The van der Waals surface area contributed by atoms with E-state index in [0.717, 1.165) is 0 Å². The standard InChI is InChI=1S/C7H17NO3.CH2O2/c1-4(9)7(8,5(2)10)6(3)11;2-1-3/h4-6,9-11H,8H2,1-3H3;1H,(H,2,3). The van der Waals surface area contributed by atoms with Gasteiger partial charge in [0.2, 0.25) is 0 Å². The van der Waals surface area contributed by atoms with Crippen LogP contribution in [0.5, 0.6) is 0 Å². The number of hydrogen-bond donors (Lipinski definition) is 5. The number of carboxylic acid groups (broad SMARTS) is 1. The second kappa shape index (κ2) is 6.72. The number of nitrogens with two attached hydrogens (primary N) is 1. The molecule has 0 aromatic heterocycles. The number of rotatable bonds is 3. The lowest BCUT2D eigenvalue weighted by molar-refractivity contribution is -0.122. The third-order valence-electron chi connectivity index (χ3n) is 2.17. The molecular formula is C8H19NO5. The van der Waals surface area contributed by atoms with Crippen molar-refractivity contribution in [1.82, 2.24) is 0 Å². The lowest BCUT2D eigenvalue weighted by atomic mass is 9.84. The normalized spacial score (nSPS) is 20.8. The van der Waals surface area contributed by atoms with Crippen LogP contribution in [0.25, 0.3) is 0 Å². The molecular weight excluding hydrogens is 190 g/mol. The van der Waals surface area contributed by atoms with Crippen LogP contribution in [0.15, 0.2) is 0 Å². The predicted octanol–water partition coefficient (Wildman–Crippen LogP) is -1.47. The summed E-state index contributed by atoms with van der Waals surface area (Å²) in [5.41, 5.74) is 4.24. The van der Waals surface area contributed by atoms with Gasteiger partial charge in [-0.1, -0.05) is 0 Å². The fourth-order valence-corrected chi connectivity index (χ4v) is 1.05. The number of carbonyl (C=O) groups is 1. The molecule has 0 aliphatic rings. The number of aliphatic hydroxyl groups is 3. The average Bonchev–Trinajstić information content (AvgIpc) is 2.03. The van der Waals surface area contributed by atoms with Crippen molar-refractivity contribution in [3.05, 3.63) is 0 Å². The molecule has 0 radical (unpaired) electrons. The second-order valence-corrected chi connectivity index (χ2v) is 3.13. The van der Waals surface area contributed by atoms with Gasteiger partial charge in [-0.3, -0.25) is 4.79 Å². The van der Waals surface area contributed by atoms with Crippen molar-refractivity contribution >= 4 is 6.47 Å². The Bertz CT molecular complexity index is 136. The smallest absolute Gasteiger partial charge is 0.290 e. The Kier molecular flexibility index (Phi) is 7.57. The molecule has 0 aliphatic carbocycles. The highest BCUT2D eigenvalue weighted by atomic mass is 16.3. The van der Waals surface area contributed by atoms with Crippen molar-refractivity contribution in [2.75, 3.05) is 0 Å². The van der Waals surface area contributed by atoms with E-state index in [4.69, 9.17) is 31.0 Å². The van der Waals surface area contributed by atoms with Gasteiger partial charge in [0.25, 0.3) is 6.47 Å². The summed E-state index contributed by atoms with van der Waals surface area (Å²) >= 11 is 0. The maximum absolute atomic E-state index is 9.17. The molecule has 0 bridgehead atoms. The van der Waals surface area contributed by atoms with Crippen LogP contribution in [-0.2, 0) is 4.79 Å². The quantitative estimate of drug-likeness (QED) is 0.361. The third-order valence-corrected chi connectivity index (χ3v) is 2.17. The van der Waals surface area contributed by atoms with Gasteiger partial charge >= 0.3 is 0 Å². The maximum Gasteiger partial charge on any atom is 0.290 e. The van der Waals surface area contributed by atoms with Crippen LogP contribution in [0, 0.1) is 0 Å². The first-order valence-electron chi connectivity index (χ1n) is 4.16. The van der Waals surface area contributed by atoms with Crippen LogP contribution < -0.4 is 5.73 Å². The van der Waals surface area contributed by atoms with Gasteiger partial charge in [-0.2, -0.15) is 0 Å². The topological polar surface area (TPSA) is 124 Å². The fourth-order valence-electron chi connectivity index (χ4n) is 1.05. The van der Waals surface area contributed by atoms with Crippen molar-refractivity contribution in [3.63, 3.8) is 0 Å². The molecule has 0 rings (SSSR count). The Balaban J connectivity index is 0. The van der Waals surface area contributed by atoms with Crippen LogP contribution in [-0.4, -0.2) is 50.7 Å².